The average Bonchev–Trinajstić information content (AvgIpc) is 3.27. The van der Waals surface area contributed by atoms with Crippen LogP contribution in [0.25, 0.3) is 10.9 Å². The average molecular weight is 462 g/mol. The van der Waals surface area contributed by atoms with Gasteiger partial charge in [-0.3, -0.25) is 14.6 Å². The van der Waals surface area contributed by atoms with E-state index in [1.807, 2.05) is 0 Å². The van der Waals surface area contributed by atoms with Gasteiger partial charge in [0.2, 0.25) is 0 Å². The molecule has 2 aromatic heterocycles. The topological polar surface area (TPSA) is 88.8 Å². The number of benzene rings is 1. The number of primary amides is 1. The molecule has 2 heterocycles. The van der Waals surface area contributed by atoms with Gasteiger partial charge in [0.15, 0.2) is 5.43 Å². The van der Waals surface area contributed by atoms with Crippen molar-refractivity contribution in [2.45, 2.75) is 37.0 Å². The summed E-state index contributed by atoms with van der Waals surface area (Å²) in [7, 11) is 0. The summed E-state index contributed by atoms with van der Waals surface area (Å²) in [5.41, 5.74) is 6.25. The predicted octanol–water partition coefficient (Wildman–Crippen LogP) is 4.75. The van der Waals surface area contributed by atoms with Crippen LogP contribution in [-0.2, 0) is 0 Å². The maximum Gasteiger partial charge on any atom is 0.268 e. The summed E-state index contributed by atoms with van der Waals surface area (Å²) in [6.07, 6.45) is 1.67. The van der Waals surface area contributed by atoms with Crippen LogP contribution in [0.3, 0.4) is 0 Å². The van der Waals surface area contributed by atoms with E-state index < -0.39 is 34.9 Å². The third-order valence-electron chi connectivity index (χ3n) is 7.00. The maximum absolute atomic E-state index is 14.7. The lowest BCUT2D eigenvalue weighted by Gasteiger charge is -2.25. The largest absolute Gasteiger partial charge is 0.364 e. The minimum Gasteiger partial charge on any atom is -0.364 e. The third kappa shape index (κ3) is 3.20. The van der Waals surface area contributed by atoms with Crippen LogP contribution in [0, 0.1) is 17.7 Å². The van der Waals surface area contributed by atoms with Crippen LogP contribution in [-0.4, -0.2) is 21.8 Å². The van der Waals surface area contributed by atoms with Gasteiger partial charge >= 0.3 is 0 Å². The standard InChI is InChI=1S/C23H19ClF3N3O2/c24-14-7-10(1-2-15(14)25)19-11-3-5-23(26,27)13(11)8-12(19)17-9-18(31)20-16(30-17)4-6-29-21(20)22(28)32/h1-2,4,6-7,9,11-13,19H,3,5,8H2,(H2,28,32)(H,30,31). The van der Waals surface area contributed by atoms with Crippen molar-refractivity contribution in [2.24, 2.45) is 17.6 Å². The lowest BCUT2D eigenvalue weighted by Crippen LogP contribution is -2.23. The lowest BCUT2D eigenvalue weighted by molar-refractivity contribution is -0.0415. The Hall–Kier alpha value is -2.87. The zero-order valence-electron chi connectivity index (χ0n) is 16.7. The number of nitrogens with one attached hydrogen (secondary N) is 1. The highest BCUT2D eigenvalue weighted by Gasteiger charge is 2.59. The number of nitrogens with two attached hydrogens (primary N) is 1. The molecule has 2 aliphatic carbocycles. The molecule has 0 aliphatic heterocycles. The number of aromatic nitrogens is 2. The predicted molar refractivity (Wildman–Crippen MR) is 114 cm³/mol. The SMILES string of the molecule is NC(=O)c1nccc2[nH]c(C3CC4C(CCC4(F)F)C3c3ccc(F)c(Cl)c3)cc(=O)c12. The van der Waals surface area contributed by atoms with E-state index in [0.717, 1.165) is 0 Å². The van der Waals surface area contributed by atoms with Crippen molar-refractivity contribution in [3.63, 3.8) is 0 Å². The van der Waals surface area contributed by atoms with Gasteiger partial charge in [-0.2, -0.15) is 0 Å². The lowest BCUT2D eigenvalue weighted by atomic mass is 9.80. The van der Waals surface area contributed by atoms with Crippen molar-refractivity contribution in [3.8, 4) is 0 Å². The summed E-state index contributed by atoms with van der Waals surface area (Å²) >= 11 is 6.00. The van der Waals surface area contributed by atoms with Crippen molar-refractivity contribution < 1.29 is 18.0 Å². The number of halogens is 4. The quantitative estimate of drug-likeness (QED) is 0.590. The van der Waals surface area contributed by atoms with E-state index >= 15 is 0 Å². The molecule has 32 heavy (non-hydrogen) atoms. The van der Waals surface area contributed by atoms with Gasteiger partial charge in [-0.15, -0.1) is 0 Å². The Morgan fingerprint density at radius 2 is 2.03 bits per heavy atom. The highest BCUT2D eigenvalue weighted by atomic mass is 35.5. The summed E-state index contributed by atoms with van der Waals surface area (Å²) in [6.45, 7) is 0. The molecule has 5 nitrogen and oxygen atoms in total. The number of alkyl halides is 2. The first-order valence-electron chi connectivity index (χ1n) is 10.3. The molecule has 5 rings (SSSR count). The first kappa shape index (κ1) is 21.0. The Labute approximate surface area is 185 Å². The van der Waals surface area contributed by atoms with Crippen LogP contribution in [0.1, 0.15) is 52.8 Å². The number of carbonyl (C=O) groups excluding carboxylic acids is 1. The van der Waals surface area contributed by atoms with E-state index in [-0.39, 0.29) is 40.8 Å². The zero-order chi connectivity index (χ0) is 22.8. The number of H-pyrrole nitrogens is 1. The molecule has 0 radical (unpaired) electrons. The second-order valence-electron chi connectivity index (χ2n) is 8.65. The van der Waals surface area contributed by atoms with Gasteiger partial charge in [0.25, 0.3) is 11.8 Å². The van der Waals surface area contributed by atoms with E-state index in [1.54, 1.807) is 12.1 Å². The molecular weight excluding hydrogens is 443 g/mol. The van der Waals surface area contributed by atoms with E-state index in [1.165, 1.54) is 24.4 Å². The summed E-state index contributed by atoms with van der Waals surface area (Å²) in [6, 6.07) is 7.18. The summed E-state index contributed by atoms with van der Waals surface area (Å²) < 4.78 is 43.1. The number of rotatable bonds is 3. The number of pyridine rings is 2. The van der Waals surface area contributed by atoms with Gasteiger partial charge in [0.1, 0.15) is 11.5 Å². The van der Waals surface area contributed by atoms with Crippen molar-refractivity contribution in [2.75, 3.05) is 0 Å². The monoisotopic (exact) mass is 461 g/mol. The van der Waals surface area contributed by atoms with Crippen LogP contribution < -0.4 is 11.2 Å². The van der Waals surface area contributed by atoms with Crippen LogP contribution >= 0.6 is 11.6 Å². The summed E-state index contributed by atoms with van der Waals surface area (Å²) in [4.78, 5) is 31.6. The van der Waals surface area contributed by atoms with Crippen molar-refractivity contribution >= 4 is 28.4 Å². The molecule has 3 aromatic rings. The Bertz CT molecular complexity index is 1310. The number of aromatic amines is 1. The number of nitrogens with zero attached hydrogens (tertiary/aromatic N) is 1. The van der Waals surface area contributed by atoms with Crippen LogP contribution in [0.15, 0.2) is 41.3 Å². The number of fused-ring (bicyclic) bond motifs is 2. The Morgan fingerprint density at radius 1 is 1.25 bits per heavy atom. The Balaban J connectivity index is 1.66. The molecule has 9 heteroatoms. The van der Waals surface area contributed by atoms with Gasteiger partial charge in [0.05, 0.1) is 15.9 Å². The molecule has 0 bridgehead atoms. The number of carbonyl (C=O) groups is 1. The van der Waals surface area contributed by atoms with Crippen molar-refractivity contribution in [1.82, 2.24) is 9.97 Å². The van der Waals surface area contributed by atoms with Gasteiger partial charge in [-0.1, -0.05) is 17.7 Å². The van der Waals surface area contributed by atoms with Gasteiger partial charge < -0.3 is 10.7 Å². The van der Waals surface area contributed by atoms with Crippen LogP contribution in [0.4, 0.5) is 13.2 Å². The molecule has 3 N–H and O–H groups in total. The second-order valence-corrected chi connectivity index (χ2v) is 9.05. The molecular formula is C23H19ClF3N3O2. The minimum atomic E-state index is -2.80. The highest BCUT2D eigenvalue weighted by Crippen LogP contribution is 2.62. The first-order chi connectivity index (χ1) is 15.2. The highest BCUT2D eigenvalue weighted by molar-refractivity contribution is 6.30. The van der Waals surface area contributed by atoms with Gasteiger partial charge in [-0.25, -0.2) is 13.2 Å². The molecule has 0 saturated heterocycles. The van der Waals surface area contributed by atoms with Gasteiger partial charge in [0, 0.05) is 36.2 Å². The summed E-state index contributed by atoms with van der Waals surface area (Å²) in [5.74, 6) is -6.18. The minimum absolute atomic E-state index is 0.0636. The zero-order valence-corrected chi connectivity index (χ0v) is 17.5. The normalized spacial score (nSPS) is 26.4. The first-order valence-corrected chi connectivity index (χ1v) is 10.7. The molecule has 2 fully saturated rings. The second kappa shape index (κ2) is 7.33. The number of hydrogen-bond acceptors (Lipinski definition) is 3. The fourth-order valence-electron chi connectivity index (χ4n) is 5.68. The smallest absolute Gasteiger partial charge is 0.268 e. The number of amides is 1. The Kier molecular flexibility index (Phi) is 4.81. The molecule has 1 aromatic carbocycles. The van der Waals surface area contributed by atoms with Crippen LogP contribution in [0.5, 0.6) is 0 Å². The fourth-order valence-corrected chi connectivity index (χ4v) is 5.87. The van der Waals surface area contributed by atoms with E-state index in [9.17, 15) is 22.8 Å². The van der Waals surface area contributed by atoms with Crippen molar-refractivity contribution in [3.05, 3.63) is 74.5 Å². The Morgan fingerprint density at radius 3 is 2.75 bits per heavy atom. The molecule has 2 saturated carbocycles. The molecule has 4 unspecified atom stereocenters. The van der Waals surface area contributed by atoms with E-state index in [0.29, 0.717) is 23.2 Å². The molecule has 2 aliphatic rings. The molecule has 0 spiro atoms. The summed E-state index contributed by atoms with van der Waals surface area (Å²) in [5, 5.41) is -0.00714. The molecule has 4 atom stereocenters. The van der Waals surface area contributed by atoms with Crippen LogP contribution in [0.2, 0.25) is 5.02 Å². The molecule has 1 amide bonds. The fraction of sp³-hybridized carbons (Fsp3) is 0.348. The van der Waals surface area contributed by atoms with Crippen molar-refractivity contribution in [1.29, 1.82) is 0 Å². The van der Waals surface area contributed by atoms with E-state index in [2.05, 4.69) is 9.97 Å². The number of hydrogen-bond donors (Lipinski definition) is 2. The third-order valence-corrected chi connectivity index (χ3v) is 7.29. The van der Waals surface area contributed by atoms with Gasteiger partial charge in [-0.05, 0) is 48.4 Å². The maximum atomic E-state index is 14.7. The van der Waals surface area contributed by atoms with E-state index in [4.69, 9.17) is 17.3 Å². The molecule has 166 valence electrons.